The zero-order valence-corrected chi connectivity index (χ0v) is 42.5. The quantitative estimate of drug-likeness (QED) is 0.141. The van der Waals surface area contributed by atoms with Gasteiger partial charge in [0.15, 0.2) is 0 Å². The first-order valence-electron chi connectivity index (χ1n) is 21.7. The van der Waals surface area contributed by atoms with E-state index < -0.39 is 29.7 Å². The van der Waals surface area contributed by atoms with E-state index in [1.807, 2.05) is 56.6 Å². The monoisotopic (exact) mass is 998 g/mol. The number of hydrogen-bond acceptors (Lipinski definition) is 12. The molecular weight excluding hydrogens is 931 g/mol. The molecule has 2 aromatic heterocycles. The van der Waals surface area contributed by atoms with Crippen molar-refractivity contribution < 1.29 is 71.3 Å². The first kappa shape index (κ1) is 56.7. The fourth-order valence-corrected chi connectivity index (χ4v) is 7.09. The Morgan fingerprint density at radius 1 is 0.800 bits per heavy atom. The number of carboxylic acids is 1. The summed E-state index contributed by atoms with van der Waals surface area (Å²) in [4.78, 5) is 69.2. The Morgan fingerprint density at radius 3 is 1.91 bits per heavy atom. The van der Waals surface area contributed by atoms with Gasteiger partial charge in [-0.25, -0.2) is 9.59 Å². The minimum Gasteiger partial charge on any atom is -0.481 e. The molecule has 3 aliphatic heterocycles. The summed E-state index contributed by atoms with van der Waals surface area (Å²) in [5, 5.41) is 21.0. The van der Waals surface area contributed by atoms with Crippen LogP contribution in [0.15, 0.2) is 55.1 Å². The molecule has 3 saturated heterocycles. The number of anilines is 1. The molecule has 0 bridgehead atoms. The average Bonchev–Trinajstić information content (AvgIpc) is 4.07. The van der Waals surface area contributed by atoms with Crippen molar-refractivity contribution in [2.75, 3.05) is 70.3 Å². The summed E-state index contributed by atoms with van der Waals surface area (Å²) in [6.07, 6.45) is 8.66. The number of benzene rings is 1. The molecule has 3 fully saturated rings. The van der Waals surface area contributed by atoms with E-state index in [1.54, 1.807) is 33.2 Å². The molecule has 0 spiro atoms. The van der Waals surface area contributed by atoms with E-state index in [0.717, 1.165) is 60.7 Å². The first-order valence-corrected chi connectivity index (χ1v) is 22.1. The molecule has 19 heteroatoms. The van der Waals surface area contributed by atoms with Gasteiger partial charge in [-0.1, -0.05) is 41.9 Å². The third-order valence-corrected chi connectivity index (χ3v) is 11.0. The molecule has 3 atom stereocenters. The van der Waals surface area contributed by atoms with Crippen LogP contribution in [0.5, 0.6) is 0 Å². The standard InChI is InChI=1S/C15H21N3O3.C14H22N4O.C10H17NO4.C7H8ClN.Y/c19-14(13-6-7-16-10-13)17-8-9-18-15(20)21-11-12-4-2-1-3-5-12;1-10-7-16-8-11(2)13(10)18-6-3-12(9-18)14(19)17-5-4-15;1-10(2,3)15-9(14)11-5-4-7(6-11)8(12)13;1-5-3-9-4-6(2)7(5)8;/h1-5,13,16H,6-11H2,(H,17,19)(H,18,20);7-8,12H,3-6,9,15H2,1-2H3,(H,17,19);7H,4-6H2,1-3H3,(H,12,13);3-4H,1-2H3;. The van der Waals surface area contributed by atoms with Gasteiger partial charge in [0.05, 0.1) is 17.8 Å². The zero-order chi connectivity index (χ0) is 47.2. The van der Waals surface area contributed by atoms with Gasteiger partial charge in [-0.2, -0.15) is 0 Å². The molecule has 7 N–H and O–H groups in total. The van der Waals surface area contributed by atoms with Crippen molar-refractivity contribution in [3.05, 3.63) is 88.0 Å². The molecule has 6 rings (SSSR count). The second-order valence-corrected chi connectivity index (χ2v) is 17.3. The van der Waals surface area contributed by atoms with Gasteiger partial charge in [0.2, 0.25) is 11.8 Å². The third-order valence-electron chi connectivity index (χ3n) is 10.4. The van der Waals surface area contributed by atoms with Crippen molar-refractivity contribution >= 4 is 47.3 Å². The number of hydrogen-bond donors (Lipinski definition) is 6. The van der Waals surface area contributed by atoms with Crippen LogP contribution in [0.2, 0.25) is 5.02 Å². The number of aromatic nitrogens is 2. The predicted molar refractivity (Wildman–Crippen MR) is 247 cm³/mol. The van der Waals surface area contributed by atoms with E-state index in [4.69, 9.17) is 31.9 Å². The molecule has 3 aromatic rings. The van der Waals surface area contributed by atoms with Crippen LogP contribution in [-0.4, -0.2) is 121 Å². The van der Waals surface area contributed by atoms with Gasteiger partial charge in [0, 0.05) is 127 Å². The van der Waals surface area contributed by atoms with Gasteiger partial charge in [0.25, 0.3) is 0 Å². The summed E-state index contributed by atoms with van der Waals surface area (Å²) in [5.74, 6) is -1.01. The molecular formula is C46H68ClN9O8Y. The van der Waals surface area contributed by atoms with Gasteiger partial charge in [0.1, 0.15) is 12.2 Å². The average molecular weight is 999 g/mol. The molecule has 3 aliphatic rings. The van der Waals surface area contributed by atoms with Crippen LogP contribution < -0.4 is 31.9 Å². The molecule has 3 unspecified atom stereocenters. The maximum absolute atomic E-state index is 11.9. The Morgan fingerprint density at radius 2 is 1.37 bits per heavy atom. The van der Waals surface area contributed by atoms with Crippen molar-refractivity contribution in [1.29, 1.82) is 0 Å². The summed E-state index contributed by atoms with van der Waals surface area (Å²) >= 11 is 5.84. The van der Waals surface area contributed by atoms with Gasteiger partial charge in [-0.05, 0) is 102 Å². The number of ether oxygens (including phenoxy) is 2. The molecule has 1 radical (unpaired) electrons. The number of aryl methyl sites for hydroxylation is 4. The molecule has 65 heavy (non-hydrogen) atoms. The molecule has 0 saturated carbocycles. The minimum atomic E-state index is -0.846. The topological polar surface area (TPSA) is 230 Å². The molecule has 4 amide bonds. The number of nitrogens with one attached hydrogen (secondary N) is 4. The molecule has 1 aromatic carbocycles. The number of nitrogens with two attached hydrogens (primary N) is 1. The second-order valence-electron chi connectivity index (χ2n) is 16.9. The number of likely N-dealkylation sites (tertiary alicyclic amines) is 1. The van der Waals surface area contributed by atoms with Crippen molar-refractivity contribution in [3.63, 3.8) is 0 Å². The number of alkyl carbamates (subject to hydrolysis) is 1. The van der Waals surface area contributed by atoms with E-state index in [0.29, 0.717) is 39.1 Å². The summed E-state index contributed by atoms with van der Waals surface area (Å²) in [6.45, 7) is 19.5. The Hall–Kier alpha value is -4.42. The van der Waals surface area contributed by atoms with Gasteiger partial charge in [-0.15, -0.1) is 0 Å². The Bertz CT molecular complexity index is 1930. The number of amides is 4. The fraction of sp³-hybridized carbons (Fsp3) is 0.543. The van der Waals surface area contributed by atoms with Crippen LogP contribution >= 0.6 is 11.6 Å². The molecule has 355 valence electrons. The number of carbonyl (C=O) groups excluding carboxylic acids is 4. The largest absolute Gasteiger partial charge is 0.481 e. The number of carbonyl (C=O) groups is 5. The van der Waals surface area contributed by atoms with Crippen molar-refractivity contribution in [1.82, 2.24) is 36.1 Å². The maximum atomic E-state index is 11.9. The van der Waals surface area contributed by atoms with E-state index in [9.17, 15) is 24.0 Å². The van der Waals surface area contributed by atoms with Gasteiger partial charge < -0.3 is 51.4 Å². The SMILES string of the molecule is CC(C)(C)OC(=O)N1CCC(C(=O)O)C1.Cc1cncc(C)c1Cl.Cc1cncc(C)c1N1CCC(C(=O)NCCN)C1.O=C(NCCNC(=O)C1CCNC1)OCc1ccccc1.[Y]. The molecule has 17 nitrogen and oxygen atoms in total. The van der Waals surface area contributed by atoms with E-state index in [2.05, 4.69) is 50.0 Å². The number of carboxylic acid groups (broad SMARTS) is 1. The summed E-state index contributed by atoms with van der Waals surface area (Å²) < 4.78 is 10.2. The van der Waals surface area contributed by atoms with Crippen LogP contribution in [-0.2, 0) is 63.2 Å². The predicted octanol–water partition coefficient (Wildman–Crippen LogP) is 4.92. The Kier molecular flexibility index (Phi) is 25.5. The second kappa shape index (κ2) is 29.3. The van der Waals surface area contributed by atoms with E-state index in [-0.39, 0.29) is 69.5 Å². The van der Waals surface area contributed by atoms with Crippen molar-refractivity contribution in [3.8, 4) is 0 Å². The minimum absolute atomic E-state index is 0. The Balaban J connectivity index is 0.000000307. The van der Waals surface area contributed by atoms with Crippen LogP contribution in [0.1, 0.15) is 67.9 Å². The Labute approximate surface area is 414 Å². The molecule has 5 heterocycles. The van der Waals surface area contributed by atoms with Crippen LogP contribution in [0, 0.1) is 45.4 Å². The normalized spacial score (nSPS) is 17.3. The van der Waals surface area contributed by atoms with Crippen LogP contribution in [0.25, 0.3) is 0 Å². The number of halogens is 1. The smallest absolute Gasteiger partial charge is 0.410 e. The van der Waals surface area contributed by atoms with Crippen LogP contribution in [0.3, 0.4) is 0 Å². The fourth-order valence-electron chi connectivity index (χ4n) is 7.00. The maximum Gasteiger partial charge on any atom is 0.410 e. The van der Waals surface area contributed by atoms with Crippen LogP contribution in [0.4, 0.5) is 15.3 Å². The third kappa shape index (κ3) is 20.7. The van der Waals surface area contributed by atoms with E-state index >= 15 is 0 Å². The first-order chi connectivity index (χ1) is 30.4. The number of rotatable bonds is 11. The summed E-state index contributed by atoms with van der Waals surface area (Å²) in [5.41, 5.74) is 11.5. The zero-order valence-electron chi connectivity index (χ0n) is 39.0. The number of aliphatic carboxylic acids is 1. The van der Waals surface area contributed by atoms with E-state index in [1.165, 1.54) is 21.7 Å². The summed E-state index contributed by atoms with van der Waals surface area (Å²) in [7, 11) is 0. The number of nitrogens with zero attached hydrogens (tertiary/aromatic N) is 4. The number of pyridine rings is 2. The van der Waals surface area contributed by atoms with Crippen molar-refractivity contribution in [2.24, 2.45) is 23.5 Å². The molecule has 0 aliphatic carbocycles. The van der Waals surface area contributed by atoms with Crippen molar-refractivity contribution in [2.45, 2.75) is 79.9 Å². The summed E-state index contributed by atoms with van der Waals surface area (Å²) in [6, 6.07) is 9.48. The van der Waals surface area contributed by atoms with Gasteiger partial charge >= 0.3 is 18.2 Å². The van der Waals surface area contributed by atoms with Gasteiger partial charge in [-0.3, -0.25) is 24.4 Å².